The molecular formula is C38H49F3N3O5PS. The van der Waals surface area contributed by atoms with E-state index in [9.17, 15) is 23.2 Å². The molecule has 1 aliphatic rings. The van der Waals surface area contributed by atoms with Gasteiger partial charge in [-0.25, -0.2) is 12.9 Å². The van der Waals surface area contributed by atoms with Crippen LogP contribution in [0.4, 0.5) is 13.2 Å². The molecule has 4 aromatic rings. The fraction of sp³-hybridized carbons (Fsp3) is 0.342. The molecule has 0 amide bonds. The summed E-state index contributed by atoms with van der Waals surface area (Å²) in [5, 5.41) is 21.8. The van der Waals surface area contributed by atoms with E-state index in [0.29, 0.717) is 10.5 Å². The minimum atomic E-state index is -4.88. The van der Waals surface area contributed by atoms with E-state index in [1.807, 2.05) is 83.1 Å². The van der Waals surface area contributed by atoms with E-state index >= 15 is 8.78 Å². The highest BCUT2D eigenvalue weighted by Gasteiger charge is 2.59. The van der Waals surface area contributed by atoms with Crippen molar-refractivity contribution in [1.82, 2.24) is 9.73 Å². The van der Waals surface area contributed by atoms with Crippen molar-refractivity contribution < 1.29 is 37.1 Å². The number of alkyl halides is 2. The number of benzene rings is 4. The van der Waals surface area contributed by atoms with Crippen LogP contribution in [0.5, 0.6) is 5.75 Å². The number of nitrogens with one attached hydrogen (secondary N) is 1. The molecule has 1 saturated carbocycles. The van der Waals surface area contributed by atoms with Crippen molar-refractivity contribution in [2.24, 2.45) is 5.10 Å². The van der Waals surface area contributed by atoms with E-state index in [-0.39, 0.29) is 25.9 Å². The molecule has 1 fully saturated rings. The third-order valence-corrected chi connectivity index (χ3v) is 11.6. The Morgan fingerprint density at radius 1 is 0.902 bits per heavy atom. The number of aliphatic hydroxyl groups excluding tert-OH is 1. The predicted octanol–water partition coefficient (Wildman–Crippen LogP) is 9.01. The lowest BCUT2D eigenvalue weighted by molar-refractivity contribution is 0.0710. The first-order chi connectivity index (χ1) is 24.4. The second kappa shape index (κ2) is 20.3. The molecule has 0 bridgehead atoms. The summed E-state index contributed by atoms with van der Waals surface area (Å²) in [6.45, 7) is 10.0. The van der Waals surface area contributed by atoms with Crippen LogP contribution in [0.15, 0.2) is 101 Å². The molecule has 2 unspecified atom stereocenters. The number of nitrogens with zero attached hydrogens (tertiary/aromatic N) is 2. The molecule has 4 N–H and O–H groups in total. The zero-order chi connectivity index (χ0) is 38.4. The third-order valence-electron chi connectivity index (χ3n) is 7.65. The topological polar surface area (TPSA) is 122 Å². The fourth-order valence-corrected chi connectivity index (χ4v) is 8.04. The highest BCUT2D eigenvalue weighted by molar-refractivity contribution is 7.82. The van der Waals surface area contributed by atoms with Gasteiger partial charge in [0.15, 0.2) is 0 Å². The van der Waals surface area contributed by atoms with Gasteiger partial charge in [0.25, 0.3) is 7.37 Å². The Hall–Kier alpha value is -3.80. The monoisotopic (exact) mass is 747 g/mol. The number of hydrogen-bond donors (Lipinski definition) is 4. The minimum Gasteiger partial charge on any atom is -0.507 e. The first-order valence-electron chi connectivity index (χ1n) is 16.7. The Morgan fingerprint density at radius 3 is 2.02 bits per heavy atom. The lowest BCUT2D eigenvalue weighted by Crippen LogP contribution is -2.25. The molecular weight excluding hydrogens is 698 g/mol. The van der Waals surface area contributed by atoms with Crippen molar-refractivity contribution in [1.29, 1.82) is 0 Å². The van der Waals surface area contributed by atoms with Gasteiger partial charge < -0.3 is 20.5 Å². The Balaban J connectivity index is 0.00000143. The van der Waals surface area contributed by atoms with Crippen LogP contribution in [0.2, 0.25) is 0 Å². The first-order valence-corrected chi connectivity index (χ1v) is 19.5. The van der Waals surface area contributed by atoms with Gasteiger partial charge in [-0.2, -0.15) is 13.9 Å². The summed E-state index contributed by atoms with van der Waals surface area (Å²) in [6, 6.07) is 24.2. The van der Waals surface area contributed by atoms with Gasteiger partial charge >= 0.3 is 5.66 Å². The number of aliphatic hydroxyl groups is 1. The van der Waals surface area contributed by atoms with E-state index in [0.717, 1.165) is 47.2 Å². The molecule has 0 heterocycles. The zero-order valence-electron chi connectivity index (χ0n) is 30.1. The number of hydrazone groups is 1. The van der Waals surface area contributed by atoms with Crippen molar-refractivity contribution in [3.05, 3.63) is 119 Å². The van der Waals surface area contributed by atoms with Gasteiger partial charge in [-0.1, -0.05) is 76.2 Å². The van der Waals surface area contributed by atoms with Crippen molar-refractivity contribution in [2.75, 3.05) is 14.2 Å². The Kier molecular flexibility index (Phi) is 17.3. The standard InChI is InChI=1S/C33H33F3N3O4PS.2C2H6.CH4O/c1-22(38-37-2)26-4-3-5-27(19-26)25-9-6-23(7-10-25)20-39(45(43)30-15-11-28(34)12-16-30)21-24-8-17-31(32(40)18-24)33(35,36)44(41,42)29-13-14-29;3*1-2/h3-12,15-19,29,37,40H,13-14,20-21H2,1-2H3,(H,41,42);2*1-2H3;2H,1H3/b38-22+;;;. The van der Waals surface area contributed by atoms with Crippen LogP contribution in [-0.2, 0) is 34.3 Å². The number of phenols is 1. The maximum atomic E-state index is 15.0. The Labute approximate surface area is 302 Å². The number of halogens is 3. The lowest BCUT2D eigenvalue weighted by Gasteiger charge is -2.25. The van der Waals surface area contributed by atoms with E-state index in [2.05, 4.69) is 10.5 Å². The fourth-order valence-electron chi connectivity index (χ4n) is 5.00. The van der Waals surface area contributed by atoms with Gasteiger partial charge in [0.2, 0.25) is 0 Å². The minimum absolute atomic E-state index is 0.0311. The number of rotatable bonds is 12. The molecule has 2 atom stereocenters. The molecule has 0 saturated heterocycles. The zero-order valence-corrected chi connectivity index (χ0v) is 31.8. The highest BCUT2D eigenvalue weighted by atomic mass is 32.2. The summed E-state index contributed by atoms with van der Waals surface area (Å²) in [7, 11) is -3.94. The number of hydrogen-bond acceptors (Lipinski definition) is 6. The van der Waals surface area contributed by atoms with Crippen LogP contribution in [0.1, 0.15) is 69.7 Å². The summed E-state index contributed by atoms with van der Waals surface area (Å²) in [5.41, 5.74) is 1.69. The van der Waals surface area contributed by atoms with Crippen LogP contribution in [0.3, 0.4) is 0 Å². The predicted molar refractivity (Wildman–Crippen MR) is 201 cm³/mol. The van der Waals surface area contributed by atoms with Crippen molar-refractivity contribution in [3.8, 4) is 16.9 Å². The largest absolute Gasteiger partial charge is 0.507 e. The average Bonchev–Trinajstić information content (AvgIpc) is 4.01. The van der Waals surface area contributed by atoms with E-state index in [4.69, 9.17) is 5.11 Å². The molecule has 0 spiro atoms. The van der Waals surface area contributed by atoms with Gasteiger partial charge in [0.1, 0.15) is 22.6 Å². The SMILES string of the molecule is CC.CC.CN/N=C(\C)c1cccc(-c2ccc(CN(Cc3ccc(C(F)(F)P(=O)(O)C4CC4)c(O)c3)S(=O)c3ccc(F)cc3)cc2)c1.CO. The Bertz CT molecular complexity index is 1790. The van der Waals surface area contributed by atoms with Gasteiger partial charge in [-0.15, -0.1) is 0 Å². The molecule has 0 aliphatic heterocycles. The van der Waals surface area contributed by atoms with Gasteiger partial charge in [-0.05, 0) is 90.0 Å². The van der Waals surface area contributed by atoms with Crippen molar-refractivity contribution in [3.63, 3.8) is 0 Å². The highest BCUT2D eigenvalue weighted by Crippen LogP contribution is 2.72. The van der Waals surface area contributed by atoms with E-state index < -0.39 is 46.8 Å². The Morgan fingerprint density at radius 2 is 1.47 bits per heavy atom. The summed E-state index contributed by atoms with van der Waals surface area (Å²) < 4.78 is 71.4. The quantitative estimate of drug-likeness (QED) is 0.0652. The molecule has 5 rings (SSSR count). The normalized spacial score (nSPS) is 14.4. The molecule has 0 aromatic heterocycles. The van der Waals surface area contributed by atoms with Crippen LogP contribution in [-0.4, -0.2) is 49.1 Å². The van der Waals surface area contributed by atoms with E-state index in [1.54, 1.807) is 11.4 Å². The van der Waals surface area contributed by atoms with Gasteiger partial charge in [0, 0.05) is 32.9 Å². The molecule has 4 aromatic carbocycles. The number of aromatic hydroxyl groups is 1. The summed E-state index contributed by atoms with van der Waals surface area (Å²) in [4.78, 5) is 10.5. The molecule has 8 nitrogen and oxygen atoms in total. The summed E-state index contributed by atoms with van der Waals surface area (Å²) in [6.07, 6.45) is 0.482. The average molecular weight is 748 g/mol. The van der Waals surface area contributed by atoms with Crippen molar-refractivity contribution in [2.45, 2.75) is 76.8 Å². The molecule has 13 heteroatoms. The molecule has 278 valence electrons. The summed E-state index contributed by atoms with van der Waals surface area (Å²) >= 11 is 0. The van der Waals surface area contributed by atoms with Crippen LogP contribution >= 0.6 is 7.37 Å². The summed E-state index contributed by atoms with van der Waals surface area (Å²) in [5.74, 6) is -1.30. The van der Waals surface area contributed by atoms with Crippen LogP contribution < -0.4 is 5.43 Å². The smallest absolute Gasteiger partial charge is 0.350 e. The molecule has 51 heavy (non-hydrogen) atoms. The number of phenolic OH excluding ortho intramolecular Hbond substituents is 1. The maximum Gasteiger partial charge on any atom is 0.350 e. The van der Waals surface area contributed by atoms with Crippen LogP contribution in [0.25, 0.3) is 11.1 Å². The molecule has 0 radical (unpaired) electrons. The van der Waals surface area contributed by atoms with E-state index in [1.165, 1.54) is 30.3 Å². The maximum absolute atomic E-state index is 15.0. The van der Waals surface area contributed by atoms with Crippen molar-refractivity contribution >= 4 is 24.1 Å². The van der Waals surface area contributed by atoms with Gasteiger partial charge in [0.05, 0.1) is 16.2 Å². The third kappa shape index (κ3) is 11.1. The van der Waals surface area contributed by atoms with Gasteiger partial charge in [-0.3, -0.25) is 4.57 Å². The lowest BCUT2D eigenvalue weighted by atomic mass is 10.0. The second-order valence-corrected chi connectivity index (χ2v) is 15.0. The van der Waals surface area contributed by atoms with Crippen LogP contribution in [0, 0.1) is 5.82 Å². The first kappa shape index (κ1) is 43.4. The molecule has 1 aliphatic carbocycles. The second-order valence-electron chi connectivity index (χ2n) is 10.9.